The van der Waals surface area contributed by atoms with Crippen LogP contribution in [0.25, 0.3) is 11.4 Å². The molecule has 0 bridgehead atoms. The Labute approximate surface area is 124 Å². The van der Waals surface area contributed by atoms with Crippen molar-refractivity contribution in [2.45, 2.75) is 46.6 Å². The maximum absolute atomic E-state index is 13.2. The molecule has 0 radical (unpaired) electrons. The first kappa shape index (κ1) is 15.4. The summed E-state index contributed by atoms with van der Waals surface area (Å²) in [5.74, 6) is 0.186. The number of halogens is 1. The van der Waals surface area contributed by atoms with E-state index in [9.17, 15) is 4.39 Å². The van der Waals surface area contributed by atoms with Gasteiger partial charge in [0.15, 0.2) is 5.82 Å². The molecule has 2 rings (SSSR count). The first-order chi connectivity index (χ1) is 9.60. The van der Waals surface area contributed by atoms with Crippen molar-refractivity contribution >= 4 is 5.69 Å². The third kappa shape index (κ3) is 3.37. The molecule has 2 N–H and O–H groups in total. The summed E-state index contributed by atoms with van der Waals surface area (Å²) in [5, 5.41) is 12.0. The Morgan fingerprint density at radius 3 is 2.43 bits per heavy atom. The quantitative estimate of drug-likeness (QED) is 0.881. The molecule has 0 fully saturated rings. The minimum atomic E-state index is -0.371. The normalized spacial score (nSPS) is 12.7. The number of benzene rings is 1. The lowest BCUT2D eigenvalue weighted by Crippen LogP contribution is -2.33. The van der Waals surface area contributed by atoms with Gasteiger partial charge in [-0.3, -0.25) is 0 Å². The number of hydrogen-bond donors (Lipinski definition) is 1. The molecule has 0 aliphatic carbocycles. The molecule has 2 aromatic rings. The number of tetrazole rings is 1. The van der Waals surface area contributed by atoms with E-state index < -0.39 is 0 Å². The summed E-state index contributed by atoms with van der Waals surface area (Å²) >= 11 is 0. The van der Waals surface area contributed by atoms with Crippen LogP contribution in [-0.4, -0.2) is 20.2 Å². The van der Waals surface area contributed by atoms with Gasteiger partial charge in [-0.05, 0) is 54.3 Å². The highest BCUT2D eigenvalue weighted by molar-refractivity contribution is 5.71. The molecule has 0 saturated carbocycles. The van der Waals surface area contributed by atoms with Crippen LogP contribution in [0.15, 0.2) is 18.2 Å². The second-order valence-corrected chi connectivity index (χ2v) is 7.20. The van der Waals surface area contributed by atoms with Crippen molar-refractivity contribution in [3.05, 3.63) is 24.0 Å². The van der Waals surface area contributed by atoms with E-state index >= 15 is 0 Å². The second kappa shape index (κ2) is 5.09. The Balaban J connectivity index is 2.47. The SMILES string of the molecule is CC(C)(C)CC(C)(C)n1nnnc1-c1ccc(F)cc1N. The van der Waals surface area contributed by atoms with Gasteiger partial charge in [-0.1, -0.05) is 20.8 Å². The van der Waals surface area contributed by atoms with Gasteiger partial charge in [0.1, 0.15) is 5.82 Å². The summed E-state index contributed by atoms with van der Waals surface area (Å²) in [4.78, 5) is 0. The van der Waals surface area contributed by atoms with Crippen molar-refractivity contribution in [1.29, 1.82) is 0 Å². The van der Waals surface area contributed by atoms with E-state index in [1.54, 1.807) is 10.7 Å². The summed E-state index contributed by atoms with van der Waals surface area (Å²) in [5.41, 5.74) is 6.72. The average molecular weight is 291 g/mol. The highest BCUT2D eigenvalue weighted by atomic mass is 19.1. The average Bonchev–Trinajstić information content (AvgIpc) is 2.75. The van der Waals surface area contributed by atoms with Gasteiger partial charge < -0.3 is 5.73 Å². The molecular formula is C15H22FN5. The summed E-state index contributed by atoms with van der Waals surface area (Å²) in [6, 6.07) is 4.26. The van der Waals surface area contributed by atoms with Crippen LogP contribution in [0.4, 0.5) is 10.1 Å². The van der Waals surface area contributed by atoms with Crippen LogP contribution in [0.1, 0.15) is 41.0 Å². The number of nitrogen functional groups attached to an aromatic ring is 1. The highest BCUT2D eigenvalue weighted by Gasteiger charge is 2.31. The topological polar surface area (TPSA) is 69.6 Å². The Morgan fingerprint density at radius 2 is 1.86 bits per heavy atom. The zero-order valence-corrected chi connectivity index (χ0v) is 13.2. The van der Waals surface area contributed by atoms with Crippen LogP contribution in [-0.2, 0) is 5.54 Å². The smallest absolute Gasteiger partial charge is 0.184 e. The van der Waals surface area contributed by atoms with Gasteiger partial charge in [0.25, 0.3) is 0 Å². The lowest BCUT2D eigenvalue weighted by atomic mass is 9.82. The number of nitrogens with zero attached hydrogens (tertiary/aromatic N) is 4. The van der Waals surface area contributed by atoms with Gasteiger partial charge in [-0.2, -0.15) is 0 Å². The Morgan fingerprint density at radius 1 is 1.19 bits per heavy atom. The van der Waals surface area contributed by atoms with E-state index in [2.05, 4.69) is 50.1 Å². The van der Waals surface area contributed by atoms with Crippen molar-refractivity contribution in [2.24, 2.45) is 5.41 Å². The van der Waals surface area contributed by atoms with Crippen LogP contribution in [0.5, 0.6) is 0 Å². The predicted octanol–water partition coefficient (Wildman–Crippen LogP) is 3.23. The molecule has 0 saturated heterocycles. The molecule has 0 unspecified atom stereocenters. The minimum Gasteiger partial charge on any atom is -0.398 e. The van der Waals surface area contributed by atoms with E-state index in [1.807, 2.05) is 0 Å². The zero-order valence-electron chi connectivity index (χ0n) is 13.2. The number of rotatable bonds is 3. The fourth-order valence-electron chi connectivity index (χ4n) is 2.87. The van der Waals surface area contributed by atoms with Crippen LogP contribution < -0.4 is 5.73 Å². The standard InChI is InChI=1S/C15H22FN5/c1-14(2,3)9-15(4,5)21-13(18-19-20-21)11-7-6-10(16)8-12(11)17/h6-8H,9,17H2,1-5H3. The molecule has 5 nitrogen and oxygen atoms in total. The van der Waals surface area contributed by atoms with Gasteiger partial charge in [-0.15, -0.1) is 5.10 Å². The molecule has 1 aromatic carbocycles. The van der Waals surface area contributed by atoms with Gasteiger partial charge >= 0.3 is 0 Å². The molecule has 0 aliphatic heterocycles. The van der Waals surface area contributed by atoms with Crippen LogP contribution in [0.2, 0.25) is 0 Å². The van der Waals surface area contributed by atoms with E-state index in [4.69, 9.17) is 5.73 Å². The van der Waals surface area contributed by atoms with E-state index in [0.29, 0.717) is 17.1 Å². The van der Waals surface area contributed by atoms with Gasteiger partial charge in [0, 0.05) is 11.3 Å². The predicted molar refractivity (Wildman–Crippen MR) is 81.0 cm³/mol. The zero-order chi connectivity index (χ0) is 15.8. The Bertz CT molecular complexity index is 640. The highest BCUT2D eigenvalue weighted by Crippen LogP contribution is 2.35. The summed E-state index contributed by atoms with van der Waals surface area (Å²) < 4.78 is 15.0. The summed E-state index contributed by atoms with van der Waals surface area (Å²) in [6.45, 7) is 10.7. The molecular weight excluding hydrogens is 269 g/mol. The monoisotopic (exact) mass is 291 g/mol. The number of anilines is 1. The molecule has 1 heterocycles. The van der Waals surface area contributed by atoms with Gasteiger partial charge in [-0.25, -0.2) is 9.07 Å². The minimum absolute atomic E-state index is 0.126. The summed E-state index contributed by atoms with van der Waals surface area (Å²) in [7, 11) is 0. The number of aromatic nitrogens is 4. The van der Waals surface area contributed by atoms with E-state index in [0.717, 1.165) is 6.42 Å². The lowest BCUT2D eigenvalue weighted by molar-refractivity contribution is 0.197. The Kier molecular flexibility index (Phi) is 3.74. The van der Waals surface area contributed by atoms with Crippen LogP contribution in [0.3, 0.4) is 0 Å². The fraction of sp³-hybridized carbons (Fsp3) is 0.533. The number of nitrogens with two attached hydrogens (primary N) is 1. The second-order valence-electron chi connectivity index (χ2n) is 7.20. The van der Waals surface area contributed by atoms with E-state index in [1.165, 1.54) is 12.1 Å². The van der Waals surface area contributed by atoms with E-state index in [-0.39, 0.29) is 16.8 Å². The molecule has 0 spiro atoms. The lowest BCUT2D eigenvalue weighted by Gasteiger charge is -2.32. The van der Waals surface area contributed by atoms with Crippen molar-refractivity contribution in [2.75, 3.05) is 5.73 Å². The largest absolute Gasteiger partial charge is 0.398 e. The van der Waals surface area contributed by atoms with Crippen molar-refractivity contribution in [3.63, 3.8) is 0 Å². The van der Waals surface area contributed by atoms with Crippen LogP contribution in [0, 0.1) is 11.2 Å². The maximum Gasteiger partial charge on any atom is 0.184 e. The van der Waals surface area contributed by atoms with Gasteiger partial charge in [0.05, 0.1) is 5.54 Å². The van der Waals surface area contributed by atoms with Crippen molar-refractivity contribution in [3.8, 4) is 11.4 Å². The van der Waals surface area contributed by atoms with Crippen molar-refractivity contribution < 1.29 is 4.39 Å². The summed E-state index contributed by atoms with van der Waals surface area (Å²) in [6.07, 6.45) is 0.888. The molecule has 114 valence electrons. The van der Waals surface area contributed by atoms with Crippen molar-refractivity contribution in [1.82, 2.24) is 20.2 Å². The third-order valence-corrected chi connectivity index (χ3v) is 3.26. The van der Waals surface area contributed by atoms with Gasteiger partial charge in [0.2, 0.25) is 0 Å². The van der Waals surface area contributed by atoms with Crippen LogP contribution >= 0.6 is 0 Å². The molecule has 0 amide bonds. The molecule has 0 atom stereocenters. The third-order valence-electron chi connectivity index (χ3n) is 3.26. The molecule has 6 heteroatoms. The molecule has 1 aromatic heterocycles. The first-order valence-electron chi connectivity index (χ1n) is 6.94. The first-order valence-corrected chi connectivity index (χ1v) is 6.94. The maximum atomic E-state index is 13.2. The molecule has 21 heavy (non-hydrogen) atoms. The Hall–Kier alpha value is -1.98. The molecule has 0 aliphatic rings. The fourth-order valence-corrected chi connectivity index (χ4v) is 2.87. The number of hydrogen-bond acceptors (Lipinski definition) is 4.